The fraction of sp³-hybridized carbons (Fsp3) is 0.333. The minimum atomic E-state index is -0.511. The molecular weight excluding hydrogens is 397 g/mol. The number of hydrogen-bond donors (Lipinski definition) is 1. The fourth-order valence-corrected chi connectivity index (χ4v) is 3.85. The summed E-state index contributed by atoms with van der Waals surface area (Å²) in [5, 5.41) is 3.26. The van der Waals surface area contributed by atoms with Gasteiger partial charge in [-0.1, -0.05) is 17.7 Å². The van der Waals surface area contributed by atoms with Crippen LogP contribution in [0.25, 0.3) is 0 Å². The number of hydrogen-bond acceptors (Lipinski definition) is 4. The molecule has 2 aliphatic heterocycles. The largest absolute Gasteiger partial charge is 0.378 e. The number of halogens is 2. The van der Waals surface area contributed by atoms with Gasteiger partial charge in [0.2, 0.25) is 11.8 Å². The molecule has 6 nitrogen and oxygen atoms in total. The third-order valence-electron chi connectivity index (χ3n) is 5.18. The van der Waals surface area contributed by atoms with Gasteiger partial charge in [-0.2, -0.15) is 0 Å². The maximum atomic E-state index is 14.5. The van der Waals surface area contributed by atoms with E-state index >= 15 is 0 Å². The molecule has 8 heteroatoms. The van der Waals surface area contributed by atoms with Gasteiger partial charge in [-0.25, -0.2) is 4.39 Å². The van der Waals surface area contributed by atoms with Gasteiger partial charge in [0.15, 0.2) is 0 Å². The Balaban J connectivity index is 1.41. The van der Waals surface area contributed by atoms with Crippen molar-refractivity contribution in [1.82, 2.24) is 0 Å². The second kappa shape index (κ2) is 8.39. The Morgan fingerprint density at radius 1 is 1.17 bits per heavy atom. The van der Waals surface area contributed by atoms with Crippen molar-refractivity contribution < 1.29 is 18.7 Å². The standard InChI is InChI=1S/C21H21ClFN3O3/c22-15-2-1-3-17(11-15)26-13-14(10-20(26)27)21(28)24-16-4-5-19(18(23)12-16)25-6-8-29-9-7-25/h1-5,11-12,14H,6-10,13H2,(H,24,28). The highest BCUT2D eigenvalue weighted by molar-refractivity contribution is 6.31. The normalized spacial score (nSPS) is 19.5. The Morgan fingerprint density at radius 3 is 2.69 bits per heavy atom. The van der Waals surface area contributed by atoms with Gasteiger partial charge in [-0.05, 0) is 36.4 Å². The SMILES string of the molecule is O=C(Nc1ccc(N2CCOCC2)c(F)c1)C1CC(=O)N(c2cccc(Cl)c2)C1. The van der Waals surface area contributed by atoms with Crippen LogP contribution in [0.1, 0.15) is 6.42 Å². The molecule has 0 saturated carbocycles. The van der Waals surface area contributed by atoms with Gasteiger partial charge >= 0.3 is 0 Å². The van der Waals surface area contributed by atoms with E-state index in [1.807, 2.05) is 4.90 Å². The van der Waals surface area contributed by atoms with Crippen LogP contribution < -0.4 is 15.1 Å². The van der Waals surface area contributed by atoms with Crippen molar-refractivity contribution in [1.29, 1.82) is 0 Å². The van der Waals surface area contributed by atoms with Crippen LogP contribution in [0, 0.1) is 11.7 Å². The molecule has 2 aliphatic rings. The Labute approximate surface area is 173 Å². The smallest absolute Gasteiger partial charge is 0.229 e. The predicted molar refractivity (Wildman–Crippen MR) is 110 cm³/mol. The second-order valence-corrected chi connectivity index (χ2v) is 7.58. The molecule has 1 atom stereocenters. The van der Waals surface area contributed by atoms with Gasteiger partial charge < -0.3 is 19.9 Å². The first-order valence-electron chi connectivity index (χ1n) is 9.50. The van der Waals surface area contributed by atoms with Gasteiger partial charge in [0.25, 0.3) is 0 Å². The number of ether oxygens (including phenoxy) is 1. The Bertz CT molecular complexity index is 933. The monoisotopic (exact) mass is 417 g/mol. The van der Waals surface area contributed by atoms with Crippen molar-refractivity contribution in [3.63, 3.8) is 0 Å². The zero-order valence-corrected chi connectivity index (χ0v) is 16.5. The zero-order chi connectivity index (χ0) is 20.4. The first kappa shape index (κ1) is 19.7. The number of anilines is 3. The molecule has 2 aromatic rings. The van der Waals surface area contributed by atoms with Gasteiger partial charge in [0.05, 0.1) is 24.8 Å². The van der Waals surface area contributed by atoms with E-state index in [0.717, 1.165) is 0 Å². The zero-order valence-electron chi connectivity index (χ0n) is 15.7. The lowest BCUT2D eigenvalue weighted by molar-refractivity contribution is -0.122. The number of benzene rings is 2. The van der Waals surface area contributed by atoms with Crippen LogP contribution in [0.4, 0.5) is 21.5 Å². The van der Waals surface area contributed by atoms with E-state index in [0.29, 0.717) is 48.4 Å². The van der Waals surface area contributed by atoms with Crippen LogP contribution in [0.2, 0.25) is 5.02 Å². The third kappa shape index (κ3) is 4.36. The van der Waals surface area contributed by atoms with Gasteiger partial charge in [0.1, 0.15) is 5.82 Å². The van der Waals surface area contributed by atoms with Crippen LogP contribution in [-0.4, -0.2) is 44.7 Å². The number of carbonyl (C=O) groups is 2. The van der Waals surface area contributed by atoms with Crippen LogP contribution in [0.15, 0.2) is 42.5 Å². The summed E-state index contributed by atoms with van der Waals surface area (Å²) >= 11 is 6.00. The highest BCUT2D eigenvalue weighted by Gasteiger charge is 2.35. The topological polar surface area (TPSA) is 61.9 Å². The second-order valence-electron chi connectivity index (χ2n) is 7.14. The summed E-state index contributed by atoms with van der Waals surface area (Å²) in [6.07, 6.45) is 0.104. The molecule has 2 aromatic carbocycles. The Hall–Kier alpha value is -2.64. The molecule has 2 fully saturated rings. The van der Waals surface area contributed by atoms with Crippen molar-refractivity contribution in [2.75, 3.05) is 48.0 Å². The van der Waals surface area contributed by atoms with Crippen LogP contribution >= 0.6 is 11.6 Å². The highest BCUT2D eigenvalue weighted by atomic mass is 35.5. The molecule has 0 aliphatic carbocycles. The minimum absolute atomic E-state index is 0.104. The molecule has 29 heavy (non-hydrogen) atoms. The molecule has 4 rings (SSSR count). The number of nitrogens with one attached hydrogen (secondary N) is 1. The molecular formula is C21H21ClFN3O3. The van der Waals surface area contributed by atoms with E-state index < -0.39 is 11.7 Å². The average Bonchev–Trinajstić information content (AvgIpc) is 3.11. The molecule has 0 bridgehead atoms. The quantitative estimate of drug-likeness (QED) is 0.829. The Kier molecular flexibility index (Phi) is 5.69. The molecule has 0 radical (unpaired) electrons. The van der Waals surface area contributed by atoms with E-state index in [4.69, 9.17) is 16.3 Å². The van der Waals surface area contributed by atoms with Crippen molar-refractivity contribution in [3.8, 4) is 0 Å². The first-order chi connectivity index (χ1) is 14.0. The average molecular weight is 418 g/mol. The lowest BCUT2D eigenvalue weighted by Crippen LogP contribution is -2.36. The van der Waals surface area contributed by atoms with Crippen LogP contribution in [0.5, 0.6) is 0 Å². The maximum Gasteiger partial charge on any atom is 0.229 e. The molecule has 2 saturated heterocycles. The number of nitrogens with zero attached hydrogens (tertiary/aromatic N) is 2. The van der Waals surface area contributed by atoms with E-state index in [1.54, 1.807) is 41.3 Å². The molecule has 2 heterocycles. The highest BCUT2D eigenvalue weighted by Crippen LogP contribution is 2.29. The third-order valence-corrected chi connectivity index (χ3v) is 5.42. The maximum absolute atomic E-state index is 14.5. The summed E-state index contributed by atoms with van der Waals surface area (Å²) in [5.41, 5.74) is 1.53. The number of amides is 2. The molecule has 152 valence electrons. The summed E-state index contributed by atoms with van der Waals surface area (Å²) in [6.45, 7) is 2.66. The van der Waals surface area contributed by atoms with E-state index in [1.165, 1.54) is 6.07 Å². The van der Waals surface area contributed by atoms with Gasteiger partial charge in [-0.3, -0.25) is 9.59 Å². The van der Waals surface area contributed by atoms with E-state index in [-0.39, 0.29) is 24.8 Å². The van der Waals surface area contributed by atoms with Gasteiger partial charge in [-0.15, -0.1) is 0 Å². The number of carbonyl (C=O) groups excluding carboxylic acids is 2. The van der Waals surface area contributed by atoms with E-state index in [2.05, 4.69) is 5.32 Å². The lowest BCUT2D eigenvalue weighted by atomic mass is 10.1. The van der Waals surface area contributed by atoms with Crippen molar-refractivity contribution in [2.45, 2.75) is 6.42 Å². The van der Waals surface area contributed by atoms with Crippen molar-refractivity contribution in [2.24, 2.45) is 5.92 Å². The lowest BCUT2D eigenvalue weighted by Gasteiger charge is -2.29. The summed E-state index contributed by atoms with van der Waals surface area (Å²) in [6, 6.07) is 11.6. The summed E-state index contributed by atoms with van der Waals surface area (Å²) in [4.78, 5) is 28.5. The summed E-state index contributed by atoms with van der Waals surface area (Å²) in [7, 11) is 0. The summed E-state index contributed by atoms with van der Waals surface area (Å²) < 4.78 is 19.8. The summed E-state index contributed by atoms with van der Waals surface area (Å²) in [5.74, 6) is -1.35. The molecule has 1 unspecified atom stereocenters. The predicted octanol–water partition coefficient (Wildman–Crippen LogP) is 3.31. The van der Waals surface area contributed by atoms with E-state index in [9.17, 15) is 14.0 Å². The Morgan fingerprint density at radius 2 is 1.97 bits per heavy atom. The number of morpholine rings is 1. The first-order valence-corrected chi connectivity index (χ1v) is 9.88. The van der Waals surface area contributed by atoms with Crippen LogP contribution in [-0.2, 0) is 14.3 Å². The fourth-order valence-electron chi connectivity index (χ4n) is 3.67. The molecule has 0 aromatic heterocycles. The molecule has 2 amide bonds. The van der Waals surface area contributed by atoms with Gasteiger partial charge in [0, 0.05) is 42.5 Å². The molecule has 1 N–H and O–H groups in total. The van der Waals surface area contributed by atoms with Crippen LogP contribution in [0.3, 0.4) is 0 Å². The molecule has 0 spiro atoms. The van der Waals surface area contributed by atoms with Crippen molar-refractivity contribution in [3.05, 3.63) is 53.3 Å². The number of rotatable bonds is 4. The van der Waals surface area contributed by atoms with Crippen molar-refractivity contribution >= 4 is 40.5 Å². The minimum Gasteiger partial charge on any atom is -0.378 e.